The van der Waals surface area contributed by atoms with Crippen LogP contribution in [0.1, 0.15) is 5.56 Å². The predicted molar refractivity (Wildman–Crippen MR) is 57.2 cm³/mol. The summed E-state index contributed by atoms with van der Waals surface area (Å²) in [5.41, 5.74) is 0.643. The zero-order valence-corrected chi connectivity index (χ0v) is 9.58. The molecule has 1 amide bonds. The number of nitrogens with one attached hydrogen (secondary N) is 1. The van der Waals surface area contributed by atoms with Crippen LogP contribution in [-0.4, -0.2) is 26.0 Å². The monoisotopic (exact) mass is 263 g/mol. The molecule has 0 atom stereocenters. The molecule has 7 heteroatoms. The molecule has 1 rings (SSSR count). The van der Waals surface area contributed by atoms with Gasteiger partial charge >= 0.3 is 12.3 Å². The summed E-state index contributed by atoms with van der Waals surface area (Å²) in [6.07, 6.45) is -5.65. The largest absolute Gasteiger partial charge is 0.496 e. The molecule has 0 heterocycles. The highest BCUT2D eigenvalue weighted by Gasteiger charge is 2.29. The van der Waals surface area contributed by atoms with E-state index in [1.165, 1.54) is 7.11 Å². The number of para-hydroxylation sites is 1. The molecular weight excluding hydrogens is 251 g/mol. The number of methoxy groups -OCH3 is 1. The summed E-state index contributed by atoms with van der Waals surface area (Å²) in [7, 11) is 1.46. The first kappa shape index (κ1) is 14.1. The van der Waals surface area contributed by atoms with Crippen LogP contribution in [-0.2, 0) is 11.3 Å². The number of hydrogen-bond donors (Lipinski definition) is 1. The van der Waals surface area contributed by atoms with Gasteiger partial charge in [0, 0.05) is 12.1 Å². The highest BCUT2D eigenvalue weighted by molar-refractivity contribution is 5.67. The molecule has 0 fully saturated rings. The second-order valence-corrected chi connectivity index (χ2v) is 3.36. The molecule has 0 saturated heterocycles. The number of alkyl halides is 3. The first-order valence-electron chi connectivity index (χ1n) is 5.01. The Labute approximate surface area is 102 Å². The van der Waals surface area contributed by atoms with Gasteiger partial charge in [0.2, 0.25) is 0 Å². The highest BCUT2D eigenvalue weighted by atomic mass is 19.4. The Morgan fingerprint density at radius 2 is 2.00 bits per heavy atom. The fourth-order valence-corrected chi connectivity index (χ4v) is 1.21. The van der Waals surface area contributed by atoms with Gasteiger partial charge in [0.05, 0.1) is 7.11 Å². The molecule has 1 aromatic rings. The number of ether oxygens (including phenoxy) is 2. The second-order valence-electron chi connectivity index (χ2n) is 3.36. The molecule has 1 aromatic carbocycles. The van der Waals surface area contributed by atoms with Crippen LogP contribution in [0.4, 0.5) is 18.0 Å². The average molecular weight is 263 g/mol. The third-order valence-electron chi connectivity index (χ3n) is 1.98. The molecule has 0 saturated carbocycles. The van der Waals surface area contributed by atoms with Crippen LogP contribution in [0.5, 0.6) is 5.75 Å². The Bertz CT molecular complexity index is 407. The molecule has 0 spiro atoms. The zero-order valence-electron chi connectivity index (χ0n) is 9.58. The highest BCUT2D eigenvalue weighted by Crippen LogP contribution is 2.17. The number of benzene rings is 1. The number of carbonyl (C=O) groups excluding carboxylic acids is 1. The van der Waals surface area contributed by atoms with E-state index in [1.807, 2.05) is 0 Å². The van der Waals surface area contributed by atoms with Crippen molar-refractivity contribution in [2.45, 2.75) is 12.7 Å². The first-order chi connectivity index (χ1) is 8.42. The van der Waals surface area contributed by atoms with Crippen LogP contribution in [0, 0.1) is 0 Å². The first-order valence-corrected chi connectivity index (χ1v) is 5.01. The normalized spacial score (nSPS) is 10.9. The van der Waals surface area contributed by atoms with E-state index in [4.69, 9.17) is 4.74 Å². The third-order valence-corrected chi connectivity index (χ3v) is 1.98. The summed E-state index contributed by atoms with van der Waals surface area (Å²) in [5, 5.41) is 2.21. The van der Waals surface area contributed by atoms with Gasteiger partial charge in [0.25, 0.3) is 0 Å². The summed E-state index contributed by atoms with van der Waals surface area (Å²) >= 11 is 0. The molecule has 4 nitrogen and oxygen atoms in total. The zero-order chi connectivity index (χ0) is 13.6. The quantitative estimate of drug-likeness (QED) is 0.907. The Morgan fingerprint density at radius 3 is 2.61 bits per heavy atom. The summed E-state index contributed by atoms with van der Waals surface area (Å²) in [6, 6.07) is 6.83. The Kier molecular flexibility index (Phi) is 4.82. The van der Waals surface area contributed by atoms with Gasteiger partial charge in [0.1, 0.15) is 5.75 Å². The molecule has 18 heavy (non-hydrogen) atoms. The summed E-state index contributed by atoms with van der Waals surface area (Å²) in [5.74, 6) is 0.536. The molecule has 1 N–H and O–H groups in total. The maximum absolute atomic E-state index is 11.8. The number of amides is 1. The number of alkyl carbamates (subject to hydrolysis) is 1. The van der Waals surface area contributed by atoms with Crippen molar-refractivity contribution in [2.24, 2.45) is 0 Å². The third kappa shape index (κ3) is 4.94. The lowest BCUT2D eigenvalue weighted by Gasteiger charge is -2.11. The van der Waals surface area contributed by atoms with Crippen LogP contribution in [0.3, 0.4) is 0 Å². The molecule has 0 bridgehead atoms. The van der Waals surface area contributed by atoms with Gasteiger partial charge in [0.15, 0.2) is 6.61 Å². The predicted octanol–water partition coefficient (Wildman–Crippen LogP) is 2.48. The van der Waals surface area contributed by atoms with E-state index in [2.05, 4.69) is 10.1 Å². The molecule has 100 valence electrons. The maximum atomic E-state index is 11.8. The van der Waals surface area contributed by atoms with Crippen molar-refractivity contribution in [3.05, 3.63) is 29.8 Å². The number of carbonyl (C=O) groups is 1. The lowest BCUT2D eigenvalue weighted by Crippen LogP contribution is -2.28. The standard InChI is InChI=1S/C11H12F3NO3/c1-17-9-5-3-2-4-8(9)6-15-10(16)18-7-11(12,13)14/h2-5H,6-7H2,1H3,(H,15,16). The van der Waals surface area contributed by atoms with Crippen molar-refractivity contribution in [1.29, 1.82) is 0 Å². The SMILES string of the molecule is COc1ccccc1CNC(=O)OCC(F)(F)F. The van der Waals surface area contributed by atoms with E-state index in [0.717, 1.165) is 0 Å². The topological polar surface area (TPSA) is 47.6 Å². The Morgan fingerprint density at radius 1 is 1.33 bits per heavy atom. The van der Waals surface area contributed by atoms with E-state index in [9.17, 15) is 18.0 Å². The minimum absolute atomic E-state index is 0.0285. The summed E-state index contributed by atoms with van der Waals surface area (Å²) in [6.45, 7) is -1.58. The molecule has 0 unspecified atom stereocenters. The fourth-order valence-electron chi connectivity index (χ4n) is 1.21. The Balaban J connectivity index is 2.43. The Hall–Kier alpha value is -1.92. The molecule has 0 radical (unpaired) electrons. The smallest absolute Gasteiger partial charge is 0.422 e. The van der Waals surface area contributed by atoms with Crippen molar-refractivity contribution in [2.75, 3.05) is 13.7 Å². The minimum atomic E-state index is -4.53. The van der Waals surface area contributed by atoms with E-state index in [1.54, 1.807) is 24.3 Å². The second kappa shape index (κ2) is 6.13. The number of hydrogen-bond acceptors (Lipinski definition) is 3. The van der Waals surface area contributed by atoms with E-state index >= 15 is 0 Å². The average Bonchev–Trinajstić information content (AvgIpc) is 2.33. The van der Waals surface area contributed by atoms with Crippen molar-refractivity contribution in [3.8, 4) is 5.75 Å². The number of rotatable bonds is 4. The van der Waals surface area contributed by atoms with Gasteiger partial charge < -0.3 is 14.8 Å². The molecular formula is C11H12F3NO3. The van der Waals surface area contributed by atoms with Gasteiger partial charge in [-0.2, -0.15) is 13.2 Å². The fraction of sp³-hybridized carbons (Fsp3) is 0.364. The minimum Gasteiger partial charge on any atom is -0.496 e. The van der Waals surface area contributed by atoms with Gasteiger partial charge in [-0.05, 0) is 6.07 Å². The van der Waals surface area contributed by atoms with Gasteiger partial charge in [-0.15, -0.1) is 0 Å². The van der Waals surface area contributed by atoms with Crippen LogP contribution in [0.2, 0.25) is 0 Å². The van der Waals surface area contributed by atoms with Crippen molar-refractivity contribution in [3.63, 3.8) is 0 Å². The summed E-state index contributed by atoms with van der Waals surface area (Å²) < 4.78 is 44.3. The van der Waals surface area contributed by atoms with E-state index < -0.39 is 18.9 Å². The van der Waals surface area contributed by atoms with Crippen molar-refractivity contribution >= 4 is 6.09 Å². The van der Waals surface area contributed by atoms with Crippen molar-refractivity contribution < 1.29 is 27.4 Å². The van der Waals surface area contributed by atoms with Gasteiger partial charge in [-0.1, -0.05) is 18.2 Å². The molecule has 0 aromatic heterocycles. The molecule has 0 aliphatic heterocycles. The van der Waals surface area contributed by atoms with Crippen LogP contribution < -0.4 is 10.1 Å². The lowest BCUT2D eigenvalue weighted by molar-refractivity contribution is -0.160. The van der Waals surface area contributed by atoms with E-state index in [-0.39, 0.29) is 6.54 Å². The van der Waals surface area contributed by atoms with Crippen LogP contribution >= 0.6 is 0 Å². The molecule has 0 aliphatic rings. The molecule has 0 aliphatic carbocycles. The van der Waals surface area contributed by atoms with Gasteiger partial charge in [-0.3, -0.25) is 0 Å². The van der Waals surface area contributed by atoms with Crippen LogP contribution in [0.15, 0.2) is 24.3 Å². The summed E-state index contributed by atoms with van der Waals surface area (Å²) in [4.78, 5) is 11.0. The van der Waals surface area contributed by atoms with Crippen LogP contribution in [0.25, 0.3) is 0 Å². The number of halogens is 3. The maximum Gasteiger partial charge on any atom is 0.422 e. The van der Waals surface area contributed by atoms with Crippen molar-refractivity contribution in [1.82, 2.24) is 5.32 Å². The lowest BCUT2D eigenvalue weighted by atomic mass is 10.2. The van der Waals surface area contributed by atoms with E-state index in [0.29, 0.717) is 11.3 Å². The van der Waals surface area contributed by atoms with Gasteiger partial charge in [-0.25, -0.2) is 4.79 Å².